The van der Waals surface area contributed by atoms with Crippen LogP contribution in [-0.4, -0.2) is 33.1 Å². The molecule has 26 heavy (non-hydrogen) atoms. The fourth-order valence-corrected chi connectivity index (χ4v) is 3.32. The van der Waals surface area contributed by atoms with E-state index in [2.05, 4.69) is 10.2 Å². The smallest absolute Gasteiger partial charge is 0.237 e. The Balaban J connectivity index is 1.70. The van der Waals surface area contributed by atoms with Crippen LogP contribution in [0.1, 0.15) is 12.5 Å². The molecule has 134 valence electrons. The van der Waals surface area contributed by atoms with Crippen molar-refractivity contribution in [2.75, 3.05) is 23.0 Å². The number of hydrogen-bond donors (Lipinski definition) is 1. The van der Waals surface area contributed by atoms with Crippen molar-refractivity contribution in [3.8, 4) is 11.4 Å². The first kappa shape index (κ1) is 18.0. The molecule has 0 aliphatic heterocycles. The van der Waals surface area contributed by atoms with E-state index in [0.717, 1.165) is 16.8 Å². The maximum atomic E-state index is 12.6. The predicted octanol–water partition coefficient (Wildman–Crippen LogP) is 3.11. The van der Waals surface area contributed by atoms with E-state index in [0.29, 0.717) is 17.5 Å². The zero-order valence-corrected chi connectivity index (χ0v) is 15.6. The first-order valence-electron chi connectivity index (χ1n) is 8.36. The van der Waals surface area contributed by atoms with E-state index in [1.807, 2.05) is 68.4 Å². The number of carbonyl (C=O) groups excluding carboxylic acids is 1. The van der Waals surface area contributed by atoms with Crippen molar-refractivity contribution in [1.82, 2.24) is 14.9 Å². The molecule has 1 amide bonds. The van der Waals surface area contributed by atoms with Gasteiger partial charge in [-0.3, -0.25) is 4.79 Å². The highest BCUT2D eigenvalue weighted by Crippen LogP contribution is 2.23. The number of thioether (sulfide) groups is 1. The van der Waals surface area contributed by atoms with Crippen molar-refractivity contribution in [3.63, 3.8) is 0 Å². The summed E-state index contributed by atoms with van der Waals surface area (Å²) in [4.78, 5) is 14.3. The van der Waals surface area contributed by atoms with Crippen molar-refractivity contribution in [1.29, 1.82) is 0 Å². The minimum atomic E-state index is 0.00332. The zero-order chi connectivity index (χ0) is 18.5. The van der Waals surface area contributed by atoms with Crippen LogP contribution in [0.5, 0.6) is 0 Å². The van der Waals surface area contributed by atoms with Crippen LogP contribution in [0.3, 0.4) is 0 Å². The minimum absolute atomic E-state index is 0.00332. The Labute approximate surface area is 157 Å². The average Bonchev–Trinajstić information content (AvgIpc) is 3.03. The Morgan fingerprint density at radius 2 is 1.81 bits per heavy atom. The summed E-state index contributed by atoms with van der Waals surface area (Å²) in [6, 6.07) is 17.5. The largest absolute Gasteiger partial charge is 0.335 e. The fraction of sp³-hybridized carbons (Fsp3) is 0.211. The number of hydrogen-bond acceptors (Lipinski definition) is 5. The predicted molar refractivity (Wildman–Crippen MR) is 106 cm³/mol. The normalized spacial score (nSPS) is 10.7. The van der Waals surface area contributed by atoms with Crippen molar-refractivity contribution in [3.05, 3.63) is 60.2 Å². The number of nitrogens with two attached hydrogens (primary N) is 1. The minimum Gasteiger partial charge on any atom is -0.335 e. The van der Waals surface area contributed by atoms with Crippen molar-refractivity contribution >= 4 is 23.4 Å². The average molecular weight is 367 g/mol. The van der Waals surface area contributed by atoms with Gasteiger partial charge in [0, 0.05) is 17.8 Å². The lowest BCUT2D eigenvalue weighted by Crippen LogP contribution is -2.32. The van der Waals surface area contributed by atoms with Gasteiger partial charge >= 0.3 is 0 Å². The van der Waals surface area contributed by atoms with E-state index in [-0.39, 0.29) is 11.7 Å². The molecule has 0 unspecified atom stereocenters. The van der Waals surface area contributed by atoms with Crippen molar-refractivity contribution in [2.45, 2.75) is 19.0 Å². The molecule has 2 aromatic carbocycles. The molecule has 0 saturated heterocycles. The van der Waals surface area contributed by atoms with Crippen LogP contribution in [0.15, 0.2) is 59.8 Å². The standard InChI is InChI=1S/C19H21N5OS/c1-3-23(16-7-5-4-6-8-16)17(25)13-26-19-22-21-18(24(19)20)15-11-9-14(2)10-12-15/h4-12H,3,13,20H2,1-2H3. The van der Waals surface area contributed by atoms with Crippen molar-refractivity contribution < 1.29 is 4.79 Å². The first-order valence-corrected chi connectivity index (χ1v) is 9.34. The molecule has 0 spiro atoms. The van der Waals surface area contributed by atoms with Crippen molar-refractivity contribution in [2.24, 2.45) is 0 Å². The van der Waals surface area contributed by atoms with E-state index in [1.54, 1.807) is 4.90 Å². The van der Waals surface area contributed by atoms with Gasteiger partial charge in [-0.05, 0) is 26.0 Å². The van der Waals surface area contributed by atoms with Gasteiger partial charge in [-0.25, -0.2) is 4.68 Å². The number of anilines is 1. The van der Waals surface area contributed by atoms with Gasteiger partial charge in [0.05, 0.1) is 5.75 Å². The van der Waals surface area contributed by atoms with E-state index in [1.165, 1.54) is 16.4 Å². The van der Waals surface area contributed by atoms with Gasteiger partial charge in [-0.15, -0.1) is 10.2 Å². The van der Waals surface area contributed by atoms with Crippen LogP contribution >= 0.6 is 11.8 Å². The lowest BCUT2D eigenvalue weighted by atomic mass is 10.1. The lowest BCUT2D eigenvalue weighted by Gasteiger charge is -2.20. The highest BCUT2D eigenvalue weighted by molar-refractivity contribution is 7.99. The van der Waals surface area contributed by atoms with Gasteiger partial charge in [0.1, 0.15) is 0 Å². The van der Waals surface area contributed by atoms with Gasteiger partial charge in [-0.1, -0.05) is 59.8 Å². The molecule has 0 aliphatic rings. The maximum absolute atomic E-state index is 12.6. The van der Waals surface area contributed by atoms with Crippen LogP contribution in [-0.2, 0) is 4.79 Å². The third-order valence-electron chi connectivity index (χ3n) is 3.98. The number of rotatable bonds is 6. The summed E-state index contributed by atoms with van der Waals surface area (Å²) in [5.41, 5.74) is 2.94. The number of aryl methyl sites for hydroxylation is 1. The number of aromatic nitrogens is 3. The zero-order valence-electron chi connectivity index (χ0n) is 14.8. The van der Waals surface area contributed by atoms with Crippen LogP contribution in [0.4, 0.5) is 5.69 Å². The van der Waals surface area contributed by atoms with Gasteiger partial charge in [-0.2, -0.15) is 0 Å². The molecule has 0 atom stereocenters. The topological polar surface area (TPSA) is 77.0 Å². The van der Waals surface area contributed by atoms with Gasteiger partial charge in [0.2, 0.25) is 11.1 Å². The molecule has 0 saturated carbocycles. The molecule has 0 aliphatic carbocycles. The second kappa shape index (κ2) is 8.05. The monoisotopic (exact) mass is 367 g/mol. The van der Waals surface area contributed by atoms with Crippen LogP contribution < -0.4 is 10.7 Å². The second-order valence-electron chi connectivity index (χ2n) is 5.80. The van der Waals surface area contributed by atoms with Crippen LogP contribution in [0.2, 0.25) is 0 Å². The fourth-order valence-electron chi connectivity index (χ4n) is 2.59. The number of nitrogens with zero attached hydrogens (tertiary/aromatic N) is 4. The molecule has 0 fully saturated rings. The third-order valence-corrected chi connectivity index (χ3v) is 4.91. The molecule has 1 aromatic heterocycles. The molecule has 2 N–H and O–H groups in total. The van der Waals surface area contributed by atoms with Gasteiger partial charge in [0.25, 0.3) is 0 Å². The summed E-state index contributed by atoms with van der Waals surface area (Å²) in [5.74, 6) is 6.95. The van der Waals surface area contributed by atoms with E-state index in [4.69, 9.17) is 5.84 Å². The Hall–Kier alpha value is -2.80. The number of nitrogen functional groups attached to an aromatic ring is 1. The number of benzene rings is 2. The Kier molecular flexibility index (Phi) is 5.58. The first-order chi connectivity index (χ1) is 12.6. The summed E-state index contributed by atoms with van der Waals surface area (Å²) < 4.78 is 1.43. The van der Waals surface area contributed by atoms with Gasteiger partial charge < -0.3 is 10.7 Å². The van der Waals surface area contributed by atoms with E-state index >= 15 is 0 Å². The summed E-state index contributed by atoms with van der Waals surface area (Å²) in [6.45, 7) is 4.58. The lowest BCUT2D eigenvalue weighted by molar-refractivity contribution is -0.116. The Morgan fingerprint density at radius 1 is 1.12 bits per heavy atom. The molecule has 3 aromatic rings. The van der Waals surface area contributed by atoms with E-state index in [9.17, 15) is 4.79 Å². The Bertz CT molecular complexity index is 877. The summed E-state index contributed by atoms with van der Waals surface area (Å²) in [6.07, 6.45) is 0. The molecule has 0 bridgehead atoms. The Morgan fingerprint density at radius 3 is 2.46 bits per heavy atom. The highest BCUT2D eigenvalue weighted by atomic mass is 32.2. The summed E-state index contributed by atoms with van der Waals surface area (Å²) in [5, 5.41) is 8.80. The van der Waals surface area contributed by atoms with Crippen LogP contribution in [0, 0.1) is 6.92 Å². The molecule has 0 radical (unpaired) electrons. The summed E-state index contributed by atoms with van der Waals surface area (Å²) in [7, 11) is 0. The number of amides is 1. The molecule has 6 nitrogen and oxygen atoms in total. The maximum Gasteiger partial charge on any atom is 0.237 e. The SMILES string of the molecule is CCN(C(=O)CSc1nnc(-c2ccc(C)cc2)n1N)c1ccccc1. The molecular formula is C19H21N5OS. The van der Waals surface area contributed by atoms with E-state index < -0.39 is 0 Å². The molecule has 1 heterocycles. The quantitative estimate of drug-likeness (QED) is 0.535. The number of carbonyl (C=O) groups is 1. The third kappa shape index (κ3) is 3.88. The second-order valence-corrected chi connectivity index (χ2v) is 6.75. The van der Waals surface area contributed by atoms with Gasteiger partial charge in [0.15, 0.2) is 5.82 Å². The van der Waals surface area contributed by atoms with Crippen LogP contribution in [0.25, 0.3) is 11.4 Å². The number of para-hydroxylation sites is 1. The molecule has 3 rings (SSSR count). The highest BCUT2D eigenvalue weighted by Gasteiger charge is 2.17. The molecular weight excluding hydrogens is 346 g/mol. The molecule has 7 heteroatoms. The summed E-state index contributed by atoms with van der Waals surface area (Å²) >= 11 is 1.29.